The first-order chi connectivity index (χ1) is 9.63. The van der Waals surface area contributed by atoms with Crippen LogP contribution in [0.5, 0.6) is 0 Å². The number of nitrogens with two attached hydrogens (primary N) is 1. The van der Waals surface area contributed by atoms with Crippen molar-refractivity contribution < 1.29 is 4.79 Å². The summed E-state index contributed by atoms with van der Waals surface area (Å²) in [6, 6.07) is 9.02. The van der Waals surface area contributed by atoms with Crippen molar-refractivity contribution in [3.63, 3.8) is 0 Å². The minimum absolute atomic E-state index is 0.139. The van der Waals surface area contributed by atoms with Crippen LogP contribution in [0.3, 0.4) is 0 Å². The summed E-state index contributed by atoms with van der Waals surface area (Å²) in [4.78, 5) is 28.2. The van der Waals surface area contributed by atoms with Gasteiger partial charge in [-0.1, -0.05) is 24.3 Å². The van der Waals surface area contributed by atoms with Gasteiger partial charge in [-0.2, -0.15) is 0 Å². The average molecular weight is 271 g/mol. The van der Waals surface area contributed by atoms with Gasteiger partial charge in [0.2, 0.25) is 0 Å². The molecule has 0 atom stereocenters. The third-order valence-electron chi connectivity index (χ3n) is 3.15. The number of rotatable bonds is 4. The molecule has 2 aromatic rings. The number of H-pyrrole nitrogens is 1. The molecule has 0 radical (unpaired) electrons. The van der Waals surface area contributed by atoms with Gasteiger partial charge in [0.15, 0.2) is 5.43 Å². The summed E-state index contributed by atoms with van der Waals surface area (Å²) in [6.07, 6.45) is 2.93. The quantitative estimate of drug-likeness (QED) is 0.874. The number of carbonyl (C=O) groups excluding carboxylic acids is 1. The van der Waals surface area contributed by atoms with Crippen LogP contribution in [0.4, 0.5) is 0 Å². The van der Waals surface area contributed by atoms with Crippen molar-refractivity contribution in [1.82, 2.24) is 9.88 Å². The number of carbonyl (C=O) groups is 1. The molecule has 1 aromatic carbocycles. The molecule has 1 aromatic heterocycles. The molecule has 0 saturated heterocycles. The Morgan fingerprint density at radius 2 is 1.95 bits per heavy atom. The number of benzene rings is 1. The largest absolute Gasteiger partial charge is 0.367 e. The predicted octanol–water partition coefficient (Wildman–Crippen LogP) is 1.11. The Morgan fingerprint density at radius 3 is 2.60 bits per heavy atom. The molecule has 1 amide bonds. The number of aromatic amines is 1. The molecule has 5 heteroatoms. The Balaban J connectivity index is 2.20. The molecule has 2 rings (SSSR count). The highest BCUT2D eigenvalue weighted by Crippen LogP contribution is 2.11. The molecule has 3 N–H and O–H groups in total. The Morgan fingerprint density at radius 1 is 1.25 bits per heavy atom. The van der Waals surface area contributed by atoms with E-state index in [1.54, 1.807) is 7.05 Å². The Bertz CT molecular complexity index is 664. The van der Waals surface area contributed by atoms with Crippen LogP contribution in [0.15, 0.2) is 47.5 Å². The van der Waals surface area contributed by atoms with Gasteiger partial charge in [0, 0.05) is 38.6 Å². The molecule has 20 heavy (non-hydrogen) atoms. The summed E-state index contributed by atoms with van der Waals surface area (Å²) in [5.74, 6) is -0.307. The maximum Gasteiger partial charge on any atom is 0.259 e. The molecule has 1 heterocycles. The second kappa shape index (κ2) is 6.16. The SMILES string of the molecule is CN(Cc1ccccc1CN)C(=O)c1c[nH]ccc1=O. The van der Waals surface area contributed by atoms with Gasteiger partial charge in [0.1, 0.15) is 5.56 Å². The highest BCUT2D eigenvalue weighted by molar-refractivity contribution is 5.93. The fourth-order valence-corrected chi connectivity index (χ4v) is 2.03. The number of pyridine rings is 1. The van der Waals surface area contributed by atoms with Gasteiger partial charge < -0.3 is 15.6 Å². The Kier molecular flexibility index (Phi) is 4.32. The second-order valence-electron chi connectivity index (χ2n) is 4.56. The van der Waals surface area contributed by atoms with E-state index in [4.69, 9.17) is 5.73 Å². The fraction of sp³-hybridized carbons (Fsp3) is 0.200. The first-order valence-electron chi connectivity index (χ1n) is 6.33. The summed E-state index contributed by atoms with van der Waals surface area (Å²) < 4.78 is 0. The molecular weight excluding hydrogens is 254 g/mol. The first-order valence-corrected chi connectivity index (χ1v) is 6.33. The fourth-order valence-electron chi connectivity index (χ4n) is 2.03. The first kappa shape index (κ1) is 14.0. The zero-order valence-corrected chi connectivity index (χ0v) is 11.3. The van der Waals surface area contributed by atoms with Crippen LogP contribution in [0.2, 0.25) is 0 Å². The maximum atomic E-state index is 12.2. The van der Waals surface area contributed by atoms with E-state index in [-0.39, 0.29) is 16.9 Å². The van der Waals surface area contributed by atoms with Gasteiger partial charge in [-0.05, 0) is 11.1 Å². The van der Waals surface area contributed by atoms with E-state index >= 15 is 0 Å². The van der Waals surface area contributed by atoms with Gasteiger partial charge in [0.25, 0.3) is 5.91 Å². The van der Waals surface area contributed by atoms with Crippen molar-refractivity contribution in [2.45, 2.75) is 13.1 Å². The lowest BCUT2D eigenvalue weighted by molar-refractivity contribution is 0.0783. The van der Waals surface area contributed by atoms with E-state index in [0.29, 0.717) is 13.1 Å². The van der Waals surface area contributed by atoms with Crippen molar-refractivity contribution in [2.75, 3.05) is 7.05 Å². The highest BCUT2D eigenvalue weighted by Gasteiger charge is 2.15. The van der Waals surface area contributed by atoms with E-state index in [9.17, 15) is 9.59 Å². The van der Waals surface area contributed by atoms with E-state index in [1.807, 2.05) is 24.3 Å². The Labute approximate surface area is 117 Å². The summed E-state index contributed by atoms with van der Waals surface area (Å²) in [5.41, 5.74) is 7.51. The minimum atomic E-state index is -0.307. The molecule has 0 aliphatic rings. The zero-order chi connectivity index (χ0) is 14.5. The van der Waals surface area contributed by atoms with Crippen molar-refractivity contribution in [3.8, 4) is 0 Å². The number of nitrogens with one attached hydrogen (secondary N) is 1. The summed E-state index contributed by atoms with van der Waals surface area (Å²) >= 11 is 0. The van der Waals surface area contributed by atoms with Gasteiger partial charge in [-0.25, -0.2) is 0 Å². The minimum Gasteiger partial charge on any atom is -0.367 e. The van der Waals surface area contributed by atoms with Crippen LogP contribution >= 0.6 is 0 Å². The van der Waals surface area contributed by atoms with Crippen LogP contribution in [0.1, 0.15) is 21.5 Å². The second-order valence-corrected chi connectivity index (χ2v) is 4.56. The van der Waals surface area contributed by atoms with Gasteiger partial charge in [-0.15, -0.1) is 0 Å². The lowest BCUT2D eigenvalue weighted by Crippen LogP contribution is -2.30. The van der Waals surface area contributed by atoms with Crippen molar-refractivity contribution in [2.24, 2.45) is 5.73 Å². The van der Waals surface area contributed by atoms with Gasteiger partial charge in [0.05, 0.1) is 0 Å². The number of nitrogens with zero attached hydrogens (tertiary/aromatic N) is 1. The molecule has 0 fully saturated rings. The third-order valence-corrected chi connectivity index (χ3v) is 3.15. The number of amides is 1. The van der Waals surface area contributed by atoms with Crippen LogP contribution in [0.25, 0.3) is 0 Å². The van der Waals surface area contributed by atoms with Crippen LogP contribution in [-0.4, -0.2) is 22.8 Å². The van der Waals surface area contributed by atoms with Crippen LogP contribution in [0, 0.1) is 0 Å². The normalized spacial score (nSPS) is 10.3. The predicted molar refractivity (Wildman–Crippen MR) is 77.2 cm³/mol. The molecule has 0 aliphatic carbocycles. The van der Waals surface area contributed by atoms with E-state index in [1.165, 1.54) is 23.4 Å². The molecule has 0 unspecified atom stereocenters. The monoisotopic (exact) mass is 271 g/mol. The molecule has 0 spiro atoms. The standard InChI is InChI=1S/C15H17N3O2/c1-18(10-12-5-3-2-4-11(12)8-16)15(20)13-9-17-7-6-14(13)19/h2-7,9H,8,10,16H2,1H3,(H,17,19). The van der Waals surface area contributed by atoms with Crippen molar-refractivity contribution >= 4 is 5.91 Å². The smallest absolute Gasteiger partial charge is 0.259 e. The van der Waals surface area contributed by atoms with Gasteiger partial charge >= 0.3 is 0 Å². The number of hydrogen-bond donors (Lipinski definition) is 2. The molecule has 5 nitrogen and oxygen atoms in total. The highest BCUT2D eigenvalue weighted by atomic mass is 16.2. The number of hydrogen-bond acceptors (Lipinski definition) is 3. The maximum absolute atomic E-state index is 12.2. The van der Waals surface area contributed by atoms with Crippen LogP contribution in [-0.2, 0) is 13.1 Å². The van der Waals surface area contributed by atoms with Gasteiger partial charge in [-0.3, -0.25) is 9.59 Å². The summed E-state index contributed by atoms with van der Waals surface area (Å²) in [6.45, 7) is 0.838. The molecule has 0 aliphatic heterocycles. The lowest BCUT2D eigenvalue weighted by atomic mass is 10.1. The Hall–Kier alpha value is -2.40. The molecule has 104 valence electrons. The zero-order valence-electron chi connectivity index (χ0n) is 11.3. The van der Waals surface area contributed by atoms with E-state index < -0.39 is 0 Å². The summed E-state index contributed by atoms with van der Waals surface area (Å²) in [7, 11) is 1.67. The third kappa shape index (κ3) is 2.95. The topological polar surface area (TPSA) is 79.2 Å². The average Bonchev–Trinajstić information content (AvgIpc) is 2.47. The lowest BCUT2D eigenvalue weighted by Gasteiger charge is -2.18. The van der Waals surface area contributed by atoms with Crippen LogP contribution < -0.4 is 11.2 Å². The molecule has 0 saturated carbocycles. The summed E-state index contributed by atoms with van der Waals surface area (Å²) in [5, 5.41) is 0. The molecular formula is C15H17N3O2. The number of aromatic nitrogens is 1. The van der Waals surface area contributed by atoms with Crippen molar-refractivity contribution in [1.29, 1.82) is 0 Å². The molecule has 0 bridgehead atoms. The van der Waals surface area contributed by atoms with E-state index in [2.05, 4.69) is 4.98 Å². The van der Waals surface area contributed by atoms with E-state index in [0.717, 1.165) is 11.1 Å². The van der Waals surface area contributed by atoms with Crippen molar-refractivity contribution in [3.05, 3.63) is 69.6 Å².